The number of imide groups is 1. The fourth-order valence-corrected chi connectivity index (χ4v) is 2.64. The van der Waals surface area contributed by atoms with Crippen molar-refractivity contribution in [1.82, 2.24) is 10.2 Å². The molecule has 1 saturated heterocycles. The maximum absolute atomic E-state index is 11.4. The molecule has 0 radical (unpaired) electrons. The Morgan fingerprint density at radius 1 is 1.25 bits per heavy atom. The van der Waals surface area contributed by atoms with Gasteiger partial charge >= 0.3 is 6.03 Å². The lowest BCUT2D eigenvalue weighted by molar-refractivity contribution is -0.125. The number of urea groups is 1. The molecular formula is C11H18N2O3. The molecule has 0 aromatic carbocycles. The van der Waals surface area contributed by atoms with Crippen molar-refractivity contribution in [2.45, 2.75) is 25.7 Å². The predicted molar refractivity (Wildman–Crippen MR) is 57.6 cm³/mol. The Hall–Kier alpha value is -1.10. The second kappa shape index (κ2) is 4.82. The Bertz CT molecular complexity index is 277. The van der Waals surface area contributed by atoms with Gasteiger partial charge in [0.1, 0.15) is 0 Å². The molecule has 0 aromatic rings. The van der Waals surface area contributed by atoms with E-state index < -0.39 is 0 Å². The van der Waals surface area contributed by atoms with Crippen LogP contribution in [0, 0.1) is 11.8 Å². The summed E-state index contributed by atoms with van der Waals surface area (Å²) in [5, 5.41) is 11.8. The van der Waals surface area contributed by atoms with E-state index >= 15 is 0 Å². The molecule has 2 N–H and O–H groups in total. The highest BCUT2D eigenvalue weighted by Gasteiger charge is 2.33. The number of aliphatic hydroxyl groups is 1. The van der Waals surface area contributed by atoms with Gasteiger partial charge in [0.25, 0.3) is 0 Å². The van der Waals surface area contributed by atoms with Gasteiger partial charge in [0, 0.05) is 13.2 Å². The van der Waals surface area contributed by atoms with Crippen LogP contribution in [-0.4, -0.2) is 41.6 Å². The van der Waals surface area contributed by atoms with Gasteiger partial charge in [0.2, 0.25) is 5.91 Å². The Morgan fingerprint density at radius 2 is 1.94 bits per heavy atom. The topological polar surface area (TPSA) is 69.6 Å². The van der Waals surface area contributed by atoms with Crippen molar-refractivity contribution < 1.29 is 14.7 Å². The zero-order valence-electron chi connectivity index (χ0n) is 9.32. The maximum Gasteiger partial charge on any atom is 0.324 e. The molecule has 90 valence electrons. The molecule has 0 aromatic heterocycles. The third kappa shape index (κ3) is 2.19. The van der Waals surface area contributed by atoms with Gasteiger partial charge in [-0.1, -0.05) is 12.8 Å². The van der Waals surface area contributed by atoms with Crippen LogP contribution in [0.25, 0.3) is 0 Å². The van der Waals surface area contributed by atoms with Gasteiger partial charge in [-0.25, -0.2) is 4.79 Å². The quantitative estimate of drug-likeness (QED) is 0.682. The van der Waals surface area contributed by atoms with E-state index in [4.69, 9.17) is 0 Å². The van der Waals surface area contributed by atoms with Crippen LogP contribution in [0.2, 0.25) is 0 Å². The second-order valence-electron chi connectivity index (χ2n) is 4.65. The molecule has 3 amide bonds. The van der Waals surface area contributed by atoms with E-state index in [1.165, 1.54) is 4.90 Å². The molecule has 1 aliphatic carbocycles. The highest BCUT2D eigenvalue weighted by Crippen LogP contribution is 2.30. The molecule has 2 atom stereocenters. The number of rotatable bonds is 3. The van der Waals surface area contributed by atoms with Gasteiger partial charge in [-0.2, -0.15) is 0 Å². The summed E-state index contributed by atoms with van der Waals surface area (Å²) in [6, 6.07) is -0.285. The van der Waals surface area contributed by atoms with Gasteiger partial charge in [0.05, 0.1) is 6.54 Å². The lowest BCUT2D eigenvalue weighted by Gasteiger charge is -2.32. The monoisotopic (exact) mass is 226 g/mol. The van der Waals surface area contributed by atoms with Crippen molar-refractivity contribution in [3.63, 3.8) is 0 Å². The molecule has 1 saturated carbocycles. The normalized spacial score (nSPS) is 30.7. The van der Waals surface area contributed by atoms with Crippen molar-refractivity contribution in [3.8, 4) is 0 Å². The average Bonchev–Trinajstić information content (AvgIpc) is 2.61. The number of carbonyl (C=O) groups is 2. The molecule has 1 heterocycles. The van der Waals surface area contributed by atoms with Crippen LogP contribution in [0.5, 0.6) is 0 Å². The summed E-state index contributed by atoms with van der Waals surface area (Å²) >= 11 is 0. The van der Waals surface area contributed by atoms with Crippen LogP contribution in [0.15, 0.2) is 0 Å². The standard InChI is InChI=1S/C11H18N2O3/c14-7-9-4-2-1-3-8(9)6-13-10(15)5-12-11(13)16/h8-9,14H,1-7H2,(H,12,16). The highest BCUT2D eigenvalue weighted by molar-refractivity contribution is 6.01. The first-order chi connectivity index (χ1) is 7.72. The summed E-state index contributed by atoms with van der Waals surface area (Å²) in [6.45, 7) is 0.750. The Labute approximate surface area is 94.8 Å². The molecule has 16 heavy (non-hydrogen) atoms. The van der Waals surface area contributed by atoms with E-state index in [1.54, 1.807) is 0 Å². The molecule has 2 rings (SSSR count). The molecule has 5 nitrogen and oxygen atoms in total. The van der Waals surface area contributed by atoms with Gasteiger partial charge < -0.3 is 10.4 Å². The van der Waals surface area contributed by atoms with Crippen molar-refractivity contribution in [3.05, 3.63) is 0 Å². The van der Waals surface area contributed by atoms with E-state index in [9.17, 15) is 14.7 Å². The second-order valence-corrected chi connectivity index (χ2v) is 4.65. The minimum atomic E-state index is -0.285. The number of amides is 3. The molecular weight excluding hydrogens is 208 g/mol. The van der Waals surface area contributed by atoms with Crippen LogP contribution < -0.4 is 5.32 Å². The number of hydrogen-bond donors (Lipinski definition) is 2. The summed E-state index contributed by atoms with van der Waals surface area (Å²) in [5.41, 5.74) is 0. The van der Waals surface area contributed by atoms with Gasteiger partial charge in [-0.15, -0.1) is 0 Å². The first-order valence-electron chi connectivity index (χ1n) is 5.91. The number of hydrogen-bond acceptors (Lipinski definition) is 3. The van der Waals surface area contributed by atoms with Crippen LogP contribution in [0.3, 0.4) is 0 Å². The van der Waals surface area contributed by atoms with E-state index in [1.807, 2.05) is 0 Å². The van der Waals surface area contributed by atoms with Gasteiger partial charge in [-0.05, 0) is 24.7 Å². The summed E-state index contributed by atoms with van der Waals surface area (Å²) < 4.78 is 0. The number of aliphatic hydroxyl groups excluding tert-OH is 1. The minimum Gasteiger partial charge on any atom is -0.396 e. The molecule has 0 spiro atoms. The first kappa shape index (κ1) is 11.4. The molecule has 2 unspecified atom stereocenters. The summed E-state index contributed by atoms with van der Waals surface area (Å²) in [7, 11) is 0. The third-order valence-electron chi connectivity index (χ3n) is 3.66. The Kier molecular flexibility index (Phi) is 3.43. The summed E-state index contributed by atoms with van der Waals surface area (Å²) in [5.74, 6) is 0.369. The fourth-order valence-electron chi connectivity index (χ4n) is 2.64. The van der Waals surface area contributed by atoms with Gasteiger partial charge in [0.15, 0.2) is 0 Å². The minimum absolute atomic E-state index is 0.120. The Morgan fingerprint density at radius 3 is 2.50 bits per heavy atom. The SMILES string of the molecule is O=C1CNC(=O)N1CC1CCCCC1CO. The van der Waals surface area contributed by atoms with E-state index in [-0.39, 0.29) is 36.9 Å². The lowest BCUT2D eigenvalue weighted by atomic mass is 9.79. The highest BCUT2D eigenvalue weighted by atomic mass is 16.3. The largest absolute Gasteiger partial charge is 0.396 e. The van der Waals surface area contributed by atoms with E-state index in [2.05, 4.69) is 5.32 Å². The molecule has 2 fully saturated rings. The van der Waals surface area contributed by atoms with E-state index in [0.717, 1.165) is 25.7 Å². The van der Waals surface area contributed by atoms with Crippen molar-refractivity contribution >= 4 is 11.9 Å². The number of carbonyl (C=O) groups excluding carboxylic acids is 2. The number of nitrogens with one attached hydrogen (secondary N) is 1. The lowest BCUT2D eigenvalue weighted by Crippen LogP contribution is -2.39. The zero-order valence-corrected chi connectivity index (χ0v) is 9.32. The van der Waals surface area contributed by atoms with E-state index in [0.29, 0.717) is 6.54 Å². The summed E-state index contributed by atoms with van der Waals surface area (Å²) in [6.07, 6.45) is 4.28. The van der Waals surface area contributed by atoms with Crippen LogP contribution in [-0.2, 0) is 4.79 Å². The fraction of sp³-hybridized carbons (Fsp3) is 0.818. The van der Waals surface area contributed by atoms with Crippen LogP contribution >= 0.6 is 0 Å². The smallest absolute Gasteiger partial charge is 0.324 e. The third-order valence-corrected chi connectivity index (χ3v) is 3.66. The van der Waals surface area contributed by atoms with Crippen molar-refractivity contribution in [2.24, 2.45) is 11.8 Å². The average molecular weight is 226 g/mol. The van der Waals surface area contributed by atoms with Gasteiger partial charge in [-0.3, -0.25) is 9.69 Å². The molecule has 0 bridgehead atoms. The zero-order chi connectivity index (χ0) is 11.5. The first-order valence-corrected chi connectivity index (χ1v) is 5.91. The number of nitrogens with zero attached hydrogens (tertiary/aromatic N) is 1. The van der Waals surface area contributed by atoms with Crippen molar-refractivity contribution in [2.75, 3.05) is 19.7 Å². The van der Waals surface area contributed by atoms with Crippen LogP contribution in [0.4, 0.5) is 4.79 Å². The molecule has 2 aliphatic rings. The maximum atomic E-state index is 11.4. The van der Waals surface area contributed by atoms with Crippen molar-refractivity contribution in [1.29, 1.82) is 0 Å². The molecule has 5 heteroatoms. The molecule has 1 aliphatic heterocycles. The predicted octanol–water partition coefficient (Wildman–Crippen LogP) is 0.337. The summed E-state index contributed by atoms with van der Waals surface area (Å²) in [4.78, 5) is 24.1. The van der Waals surface area contributed by atoms with Crippen LogP contribution in [0.1, 0.15) is 25.7 Å². The Balaban J connectivity index is 1.96.